The maximum absolute atomic E-state index is 13.3. The summed E-state index contributed by atoms with van der Waals surface area (Å²) < 4.78 is 18.4. The first kappa shape index (κ1) is 22.3. The summed E-state index contributed by atoms with van der Waals surface area (Å²) in [4.78, 5) is 18.8. The van der Waals surface area contributed by atoms with Crippen molar-refractivity contribution in [3.05, 3.63) is 82.3 Å². The summed E-state index contributed by atoms with van der Waals surface area (Å²) in [5.41, 5.74) is 1.66. The molecule has 1 aromatic heterocycles. The van der Waals surface area contributed by atoms with Crippen molar-refractivity contribution in [1.29, 1.82) is 0 Å². The third-order valence-electron chi connectivity index (χ3n) is 5.92. The predicted molar refractivity (Wildman–Crippen MR) is 127 cm³/mol. The molecule has 0 aliphatic carbocycles. The number of hydrogen-bond donors (Lipinski definition) is 1. The molecule has 0 unspecified atom stereocenters. The molecule has 2 heterocycles. The number of benzene rings is 2. The highest BCUT2D eigenvalue weighted by atomic mass is 32.1. The fourth-order valence-electron chi connectivity index (χ4n) is 4.22. The van der Waals surface area contributed by atoms with Gasteiger partial charge in [-0.1, -0.05) is 6.07 Å². The first-order chi connectivity index (χ1) is 15.5. The van der Waals surface area contributed by atoms with Gasteiger partial charge in [0.2, 0.25) is 0 Å². The highest BCUT2D eigenvalue weighted by molar-refractivity contribution is 7.10. The minimum atomic E-state index is -0.216. The van der Waals surface area contributed by atoms with Crippen LogP contribution >= 0.6 is 11.3 Å². The molecule has 1 N–H and O–H groups in total. The number of thiophene rings is 1. The summed E-state index contributed by atoms with van der Waals surface area (Å²) in [7, 11) is 1.61. The SMILES string of the molecule is COc1ccc(C(=O)N[C@H](C)[C@@H](c2cccs2)N2CCN(c3ccc(F)cc3)CC2)cc1. The molecule has 1 aliphatic heterocycles. The number of piperazine rings is 1. The fourth-order valence-corrected chi connectivity index (χ4v) is 5.19. The van der Waals surface area contributed by atoms with E-state index in [1.807, 2.05) is 12.1 Å². The van der Waals surface area contributed by atoms with E-state index in [4.69, 9.17) is 4.74 Å². The van der Waals surface area contributed by atoms with Crippen molar-refractivity contribution in [1.82, 2.24) is 10.2 Å². The molecule has 32 heavy (non-hydrogen) atoms. The molecule has 2 aromatic carbocycles. The summed E-state index contributed by atoms with van der Waals surface area (Å²) in [5, 5.41) is 5.28. The number of amides is 1. The standard InChI is InChI=1S/C25H28FN3O2S/c1-18(27-25(30)19-5-11-22(31-2)12-6-19)24(23-4-3-17-32-23)29-15-13-28(14-16-29)21-9-7-20(26)8-10-21/h3-12,17-18,24H,13-16H2,1-2H3,(H,27,30)/t18-,24+/m1/s1. The van der Waals surface area contributed by atoms with Crippen molar-refractivity contribution in [3.8, 4) is 5.75 Å². The van der Waals surface area contributed by atoms with Crippen molar-refractivity contribution in [2.45, 2.75) is 19.0 Å². The van der Waals surface area contributed by atoms with Crippen LogP contribution in [0.15, 0.2) is 66.0 Å². The summed E-state index contributed by atoms with van der Waals surface area (Å²) in [6.45, 7) is 5.50. The van der Waals surface area contributed by atoms with Gasteiger partial charge in [-0.2, -0.15) is 0 Å². The summed E-state index contributed by atoms with van der Waals surface area (Å²) in [6, 6.07) is 18.0. The number of rotatable bonds is 7. The smallest absolute Gasteiger partial charge is 0.251 e. The van der Waals surface area contributed by atoms with Crippen LogP contribution in [-0.2, 0) is 0 Å². The second kappa shape index (κ2) is 10.1. The Labute approximate surface area is 192 Å². The molecule has 168 valence electrons. The first-order valence-corrected chi connectivity index (χ1v) is 11.7. The van der Waals surface area contributed by atoms with Crippen LogP contribution in [0.5, 0.6) is 5.75 Å². The first-order valence-electron chi connectivity index (χ1n) is 10.8. The van der Waals surface area contributed by atoms with Gasteiger partial charge in [0.15, 0.2) is 0 Å². The van der Waals surface area contributed by atoms with Crippen molar-refractivity contribution >= 4 is 22.9 Å². The van der Waals surface area contributed by atoms with Gasteiger partial charge in [0.1, 0.15) is 11.6 Å². The van der Waals surface area contributed by atoms with E-state index in [1.54, 1.807) is 42.7 Å². The molecule has 0 bridgehead atoms. The van der Waals surface area contributed by atoms with Gasteiger partial charge >= 0.3 is 0 Å². The Morgan fingerprint density at radius 2 is 1.72 bits per heavy atom. The lowest BCUT2D eigenvalue weighted by Crippen LogP contribution is -2.52. The van der Waals surface area contributed by atoms with E-state index >= 15 is 0 Å². The lowest BCUT2D eigenvalue weighted by atomic mass is 10.0. The lowest BCUT2D eigenvalue weighted by molar-refractivity contribution is 0.0890. The molecule has 3 aromatic rings. The van der Waals surface area contributed by atoms with Gasteiger partial charge in [-0.15, -0.1) is 11.3 Å². The molecule has 1 aliphatic rings. The molecular weight excluding hydrogens is 425 g/mol. The number of methoxy groups -OCH3 is 1. The molecule has 0 saturated carbocycles. The highest BCUT2D eigenvalue weighted by Crippen LogP contribution is 2.30. The second-order valence-electron chi connectivity index (χ2n) is 7.95. The number of nitrogens with one attached hydrogen (secondary N) is 1. The van der Waals surface area contributed by atoms with Crippen molar-refractivity contribution in [2.75, 3.05) is 38.2 Å². The zero-order valence-corrected chi connectivity index (χ0v) is 19.1. The normalized spacial score (nSPS) is 16.4. The number of anilines is 1. The Hall–Kier alpha value is -2.90. The van der Waals surface area contributed by atoms with E-state index in [9.17, 15) is 9.18 Å². The van der Waals surface area contributed by atoms with Gasteiger partial charge in [-0.3, -0.25) is 9.69 Å². The van der Waals surface area contributed by atoms with E-state index < -0.39 is 0 Å². The van der Waals surface area contributed by atoms with Crippen molar-refractivity contribution in [2.24, 2.45) is 0 Å². The molecule has 1 saturated heterocycles. The molecular formula is C25H28FN3O2S. The fraction of sp³-hybridized carbons (Fsp3) is 0.320. The van der Waals surface area contributed by atoms with E-state index in [-0.39, 0.29) is 23.8 Å². The monoisotopic (exact) mass is 453 g/mol. The molecule has 2 atom stereocenters. The van der Waals surface area contributed by atoms with Crippen LogP contribution in [0, 0.1) is 5.82 Å². The number of ether oxygens (including phenoxy) is 1. The summed E-state index contributed by atoms with van der Waals surface area (Å²) >= 11 is 1.71. The summed E-state index contributed by atoms with van der Waals surface area (Å²) in [5.74, 6) is 0.420. The molecule has 5 nitrogen and oxygen atoms in total. The van der Waals surface area contributed by atoms with Gasteiger partial charge in [-0.05, 0) is 66.9 Å². The van der Waals surface area contributed by atoms with Crippen molar-refractivity contribution < 1.29 is 13.9 Å². The van der Waals surface area contributed by atoms with Gasteiger partial charge < -0.3 is 15.0 Å². The van der Waals surface area contributed by atoms with E-state index in [0.29, 0.717) is 5.56 Å². The zero-order chi connectivity index (χ0) is 22.5. The largest absolute Gasteiger partial charge is 0.497 e. The second-order valence-corrected chi connectivity index (χ2v) is 8.93. The van der Waals surface area contributed by atoms with E-state index in [2.05, 4.69) is 39.6 Å². The van der Waals surface area contributed by atoms with Gasteiger partial charge in [0, 0.05) is 48.3 Å². The molecule has 1 fully saturated rings. The van der Waals surface area contributed by atoms with Crippen LogP contribution in [0.3, 0.4) is 0 Å². The maximum atomic E-state index is 13.3. The lowest BCUT2D eigenvalue weighted by Gasteiger charge is -2.42. The zero-order valence-electron chi connectivity index (χ0n) is 18.3. The van der Waals surface area contributed by atoms with Gasteiger partial charge in [0.25, 0.3) is 5.91 Å². The van der Waals surface area contributed by atoms with Gasteiger partial charge in [-0.25, -0.2) is 4.39 Å². The van der Waals surface area contributed by atoms with E-state index in [1.165, 1.54) is 17.0 Å². The van der Waals surface area contributed by atoms with Crippen LogP contribution in [0.4, 0.5) is 10.1 Å². The molecule has 1 amide bonds. The third-order valence-corrected chi connectivity index (χ3v) is 6.86. The Morgan fingerprint density at radius 3 is 2.31 bits per heavy atom. The average molecular weight is 454 g/mol. The van der Waals surface area contributed by atoms with Crippen LogP contribution < -0.4 is 15.0 Å². The van der Waals surface area contributed by atoms with E-state index in [0.717, 1.165) is 37.6 Å². The average Bonchev–Trinajstić information content (AvgIpc) is 3.34. The van der Waals surface area contributed by atoms with Crippen LogP contribution in [0.25, 0.3) is 0 Å². The Kier molecular flexibility index (Phi) is 7.07. The van der Waals surface area contributed by atoms with Crippen LogP contribution in [-0.4, -0.2) is 50.1 Å². The maximum Gasteiger partial charge on any atom is 0.251 e. The summed E-state index contributed by atoms with van der Waals surface area (Å²) in [6.07, 6.45) is 0. The Morgan fingerprint density at radius 1 is 1.03 bits per heavy atom. The number of hydrogen-bond acceptors (Lipinski definition) is 5. The minimum absolute atomic E-state index is 0.0689. The minimum Gasteiger partial charge on any atom is -0.497 e. The van der Waals surface area contributed by atoms with Crippen LogP contribution in [0.1, 0.15) is 28.2 Å². The molecule has 0 spiro atoms. The van der Waals surface area contributed by atoms with Gasteiger partial charge in [0.05, 0.1) is 13.2 Å². The Balaban J connectivity index is 1.44. The number of halogens is 1. The third kappa shape index (κ3) is 5.11. The highest BCUT2D eigenvalue weighted by Gasteiger charge is 2.31. The topological polar surface area (TPSA) is 44.8 Å². The number of carbonyl (C=O) groups is 1. The number of nitrogens with zero attached hydrogens (tertiary/aromatic N) is 2. The number of carbonyl (C=O) groups excluding carboxylic acids is 1. The predicted octanol–water partition coefficient (Wildman–Crippen LogP) is 4.58. The molecule has 7 heteroatoms. The van der Waals surface area contributed by atoms with Crippen LogP contribution in [0.2, 0.25) is 0 Å². The molecule has 4 rings (SSSR count). The molecule has 0 radical (unpaired) electrons. The quantitative estimate of drug-likeness (QED) is 0.569. The van der Waals surface area contributed by atoms with Crippen molar-refractivity contribution in [3.63, 3.8) is 0 Å². The Bertz CT molecular complexity index is 1000.